The molecular formula is C25H28N2O4. The summed E-state index contributed by atoms with van der Waals surface area (Å²) in [5.74, 6) is 1.32. The molecule has 6 nitrogen and oxygen atoms in total. The van der Waals surface area contributed by atoms with Crippen LogP contribution in [0.1, 0.15) is 33.9 Å². The van der Waals surface area contributed by atoms with Crippen molar-refractivity contribution < 1.29 is 19.1 Å². The van der Waals surface area contributed by atoms with E-state index in [-0.39, 0.29) is 30.2 Å². The number of methoxy groups -OCH3 is 1. The van der Waals surface area contributed by atoms with Gasteiger partial charge in [0.1, 0.15) is 11.5 Å². The zero-order valence-corrected chi connectivity index (χ0v) is 18.0. The van der Waals surface area contributed by atoms with Gasteiger partial charge in [0, 0.05) is 43.1 Å². The maximum absolute atomic E-state index is 13.7. The Hall–Kier alpha value is -3.28. The Morgan fingerprint density at radius 3 is 2.90 bits per heavy atom. The van der Waals surface area contributed by atoms with Crippen molar-refractivity contribution in [1.29, 1.82) is 0 Å². The van der Waals surface area contributed by atoms with Crippen LogP contribution in [-0.2, 0) is 4.79 Å². The third-order valence-corrected chi connectivity index (χ3v) is 6.02. The fraction of sp³-hybridized carbons (Fsp3) is 0.360. The largest absolute Gasteiger partial charge is 0.497 e. The van der Waals surface area contributed by atoms with Gasteiger partial charge in [0.05, 0.1) is 19.8 Å². The zero-order valence-electron chi connectivity index (χ0n) is 18.0. The molecule has 2 aromatic carbocycles. The van der Waals surface area contributed by atoms with Gasteiger partial charge in [-0.2, -0.15) is 0 Å². The van der Waals surface area contributed by atoms with Gasteiger partial charge in [-0.05, 0) is 31.2 Å². The molecule has 31 heavy (non-hydrogen) atoms. The quantitative estimate of drug-likeness (QED) is 0.709. The lowest BCUT2D eigenvalue weighted by Crippen LogP contribution is -2.51. The maximum Gasteiger partial charge on any atom is 0.254 e. The van der Waals surface area contributed by atoms with Crippen LogP contribution in [0.25, 0.3) is 0 Å². The Balaban J connectivity index is 1.77. The third kappa shape index (κ3) is 4.15. The molecule has 0 aliphatic carbocycles. The third-order valence-electron chi connectivity index (χ3n) is 6.02. The Bertz CT molecular complexity index is 1000. The predicted octanol–water partition coefficient (Wildman–Crippen LogP) is 3.61. The van der Waals surface area contributed by atoms with Crippen molar-refractivity contribution in [2.75, 3.05) is 33.4 Å². The SMILES string of the molecule is C=CCN1C[C@H]2COc3ccc(C)cc3[C@H]2N(C(=O)c2cccc(OC)c2)CCC1=O. The van der Waals surface area contributed by atoms with E-state index in [1.54, 1.807) is 25.3 Å². The first-order chi connectivity index (χ1) is 15.0. The van der Waals surface area contributed by atoms with Crippen molar-refractivity contribution in [1.82, 2.24) is 9.80 Å². The summed E-state index contributed by atoms with van der Waals surface area (Å²) in [6.45, 7) is 7.63. The molecule has 2 heterocycles. The number of nitrogens with zero attached hydrogens (tertiary/aromatic N) is 2. The summed E-state index contributed by atoms with van der Waals surface area (Å²) in [5.41, 5.74) is 2.66. The van der Waals surface area contributed by atoms with E-state index >= 15 is 0 Å². The van der Waals surface area contributed by atoms with Gasteiger partial charge >= 0.3 is 0 Å². The fourth-order valence-electron chi connectivity index (χ4n) is 4.53. The number of ether oxygens (including phenoxy) is 2. The molecule has 0 N–H and O–H groups in total. The summed E-state index contributed by atoms with van der Waals surface area (Å²) in [4.78, 5) is 30.2. The van der Waals surface area contributed by atoms with Crippen molar-refractivity contribution in [3.63, 3.8) is 0 Å². The molecule has 2 atom stereocenters. The van der Waals surface area contributed by atoms with Crippen LogP contribution in [0.5, 0.6) is 11.5 Å². The smallest absolute Gasteiger partial charge is 0.254 e. The highest BCUT2D eigenvalue weighted by molar-refractivity contribution is 5.95. The number of aryl methyl sites for hydroxylation is 1. The second-order valence-electron chi connectivity index (χ2n) is 8.13. The number of rotatable bonds is 4. The topological polar surface area (TPSA) is 59.1 Å². The number of benzene rings is 2. The van der Waals surface area contributed by atoms with E-state index in [2.05, 4.69) is 12.6 Å². The van der Waals surface area contributed by atoms with Gasteiger partial charge in [-0.25, -0.2) is 0 Å². The van der Waals surface area contributed by atoms with Crippen LogP contribution >= 0.6 is 0 Å². The highest BCUT2D eigenvalue weighted by Gasteiger charge is 2.41. The van der Waals surface area contributed by atoms with Crippen LogP contribution in [0.15, 0.2) is 55.1 Å². The standard InChI is InChI=1S/C25H28N2O4/c1-4-11-26-15-19-16-31-22-9-8-17(2)13-21(22)24(19)27(12-10-23(26)28)25(29)18-6-5-7-20(14-18)30-3/h4-9,13-14,19,24H,1,10-12,15-16H2,2-3H3/t19-,24-/m0/s1. The molecule has 2 amide bonds. The average Bonchev–Trinajstić information content (AvgIpc) is 2.78. The van der Waals surface area contributed by atoms with Crippen LogP contribution in [0, 0.1) is 12.8 Å². The first-order valence-electron chi connectivity index (χ1n) is 10.6. The molecule has 1 fully saturated rings. The minimum Gasteiger partial charge on any atom is -0.497 e. The molecule has 162 valence electrons. The number of amides is 2. The van der Waals surface area contributed by atoms with E-state index in [1.165, 1.54) is 0 Å². The molecule has 0 aromatic heterocycles. The molecule has 2 aromatic rings. The zero-order chi connectivity index (χ0) is 22.0. The Labute approximate surface area is 183 Å². The lowest BCUT2D eigenvalue weighted by atomic mass is 9.86. The lowest BCUT2D eigenvalue weighted by Gasteiger charge is -2.44. The second kappa shape index (κ2) is 8.84. The number of hydrogen-bond donors (Lipinski definition) is 0. The molecule has 0 bridgehead atoms. The Kier molecular flexibility index (Phi) is 5.98. The van der Waals surface area contributed by atoms with Crippen molar-refractivity contribution >= 4 is 11.8 Å². The Morgan fingerprint density at radius 2 is 2.13 bits per heavy atom. The predicted molar refractivity (Wildman–Crippen MR) is 118 cm³/mol. The monoisotopic (exact) mass is 420 g/mol. The van der Waals surface area contributed by atoms with E-state index in [0.717, 1.165) is 16.9 Å². The molecule has 6 heteroatoms. The van der Waals surface area contributed by atoms with Gasteiger partial charge in [0.15, 0.2) is 0 Å². The van der Waals surface area contributed by atoms with E-state index in [0.29, 0.717) is 37.6 Å². The number of carbonyl (C=O) groups is 2. The summed E-state index contributed by atoms with van der Waals surface area (Å²) < 4.78 is 11.4. The van der Waals surface area contributed by atoms with Gasteiger partial charge in [-0.1, -0.05) is 29.8 Å². The molecular weight excluding hydrogens is 392 g/mol. The van der Waals surface area contributed by atoms with Gasteiger partial charge < -0.3 is 19.3 Å². The summed E-state index contributed by atoms with van der Waals surface area (Å²) in [7, 11) is 1.58. The minimum atomic E-state index is -0.178. The summed E-state index contributed by atoms with van der Waals surface area (Å²) in [6, 6.07) is 13.1. The molecule has 0 unspecified atom stereocenters. The highest BCUT2D eigenvalue weighted by Crippen LogP contribution is 2.42. The first-order valence-corrected chi connectivity index (χ1v) is 10.6. The van der Waals surface area contributed by atoms with Gasteiger partial charge in [-0.15, -0.1) is 6.58 Å². The van der Waals surface area contributed by atoms with Crippen molar-refractivity contribution in [2.45, 2.75) is 19.4 Å². The van der Waals surface area contributed by atoms with E-state index in [4.69, 9.17) is 9.47 Å². The fourth-order valence-corrected chi connectivity index (χ4v) is 4.53. The highest BCUT2D eigenvalue weighted by atomic mass is 16.5. The second-order valence-corrected chi connectivity index (χ2v) is 8.13. The Morgan fingerprint density at radius 1 is 1.29 bits per heavy atom. The van der Waals surface area contributed by atoms with Crippen molar-refractivity contribution in [2.24, 2.45) is 5.92 Å². The molecule has 1 saturated heterocycles. The average molecular weight is 421 g/mol. The molecule has 0 radical (unpaired) electrons. The van der Waals surface area contributed by atoms with Gasteiger partial charge in [0.25, 0.3) is 5.91 Å². The van der Waals surface area contributed by atoms with Crippen molar-refractivity contribution in [3.05, 3.63) is 71.8 Å². The molecule has 0 spiro atoms. The van der Waals surface area contributed by atoms with Crippen molar-refractivity contribution in [3.8, 4) is 11.5 Å². The normalized spacial score (nSPS) is 20.6. The summed E-state index contributed by atoms with van der Waals surface area (Å²) >= 11 is 0. The lowest BCUT2D eigenvalue weighted by molar-refractivity contribution is -0.133. The van der Waals surface area contributed by atoms with E-state index in [9.17, 15) is 9.59 Å². The minimum absolute atomic E-state index is 0.0248. The van der Waals surface area contributed by atoms with Crippen LogP contribution in [0.2, 0.25) is 0 Å². The van der Waals surface area contributed by atoms with E-state index in [1.807, 2.05) is 41.0 Å². The molecule has 2 aliphatic rings. The number of carbonyl (C=O) groups excluding carboxylic acids is 2. The van der Waals surface area contributed by atoms with Gasteiger partial charge in [-0.3, -0.25) is 9.59 Å². The van der Waals surface area contributed by atoms with Gasteiger partial charge in [0.2, 0.25) is 5.91 Å². The summed E-state index contributed by atoms with van der Waals surface area (Å²) in [6.07, 6.45) is 2.02. The van der Waals surface area contributed by atoms with Crippen LogP contribution in [0.3, 0.4) is 0 Å². The van der Waals surface area contributed by atoms with Crippen LogP contribution in [0.4, 0.5) is 0 Å². The molecule has 4 rings (SSSR count). The summed E-state index contributed by atoms with van der Waals surface area (Å²) in [5, 5.41) is 0. The molecule has 2 aliphatic heterocycles. The molecule has 0 saturated carbocycles. The first kappa shape index (κ1) is 21.0. The number of hydrogen-bond acceptors (Lipinski definition) is 4. The van der Waals surface area contributed by atoms with Crippen LogP contribution < -0.4 is 9.47 Å². The maximum atomic E-state index is 13.7. The number of fused-ring (bicyclic) bond motifs is 3. The van der Waals surface area contributed by atoms with E-state index < -0.39 is 0 Å². The van der Waals surface area contributed by atoms with Crippen LogP contribution in [-0.4, -0.2) is 55.0 Å².